The van der Waals surface area contributed by atoms with Crippen LogP contribution < -0.4 is 24.3 Å². The summed E-state index contributed by atoms with van der Waals surface area (Å²) in [6.45, 7) is 1.88. The van der Waals surface area contributed by atoms with Crippen molar-refractivity contribution in [2.45, 2.75) is 18.2 Å². The normalized spacial score (nSPS) is 11.6. The second-order valence-electron chi connectivity index (χ2n) is 6.86. The number of rotatable bonds is 10. The van der Waals surface area contributed by atoms with Crippen LogP contribution in [-0.4, -0.2) is 47.8 Å². The van der Waals surface area contributed by atoms with Crippen molar-refractivity contribution in [2.24, 2.45) is 7.05 Å². The maximum Gasteiger partial charge on any atom is 0.234 e. The SMILES string of the molecule is COc1ccc(OC(C)c2nnc(SCC(=O)Nc3cc(OC)c(Cl)cc3OC)n2C)cc1. The minimum Gasteiger partial charge on any atom is -0.497 e. The zero-order valence-electron chi connectivity index (χ0n) is 18.9. The Balaban J connectivity index is 1.61. The zero-order chi connectivity index (χ0) is 24.0. The van der Waals surface area contributed by atoms with Crippen molar-refractivity contribution in [3.8, 4) is 23.0 Å². The summed E-state index contributed by atoms with van der Waals surface area (Å²) in [5.41, 5.74) is 0.463. The van der Waals surface area contributed by atoms with Crippen LogP contribution in [0.25, 0.3) is 0 Å². The molecule has 9 nitrogen and oxygen atoms in total. The number of anilines is 1. The molecule has 2 aromatic carbocycles. The van der Waals surface area contributed by atoms with Crippen LogP contribution in [-0.2, 0) is 11.8 Å². The van der Waals surface area contributed by atoms with E-state index in [9.17, 15) is 4.79 Å². The number of aromatic nitrogens is 3. The van der Waals surface area contributed by atoms with Crippen molar-refractivity contribution in [1.82, 2.24) is 14.8 Å². The van der Waals surface area contributed by atoms with E-state index in [2.05, 4.69) is 15.5 Å². The number of methoxy groups -OCH3 is 3. The molecule has 0 aliphatic carbocycles. The molecule has 33 heavy (non-hydrogen) atoms. The van der Waals surface area contributed by atoms with Gasteiger partial charge < -0.3 is 28.8 Å². The van der Waals surface area contributed by atoms with E-state index in [0.717, 1.165) is 5.75 Å². The summed E-state index contributed by atoms with van der Waals surface area (Å²) in [4.78, 5) is 12.5. The first-order chi connectivity index (χ1) is 15.9. The molecule has 3 aromatic rings. The average molecular weight is 493 g/mol. The molecular weight excluding hydrogens is 468 g/mol. The van der Waals surface area contributed by atoms with Crippen LogP contribution in [0.5, 0.6) is 23.0 Å². The van der Waals surface area contributed by atoms with Crippen LogP contribution in [0.1, 0.15) is 18.9 Å². The molecule has 0 aliphatic rings. The van der Waals surface area contributed by atoms with E-state index < -0.39 is 0 Å². The van der Waals surface area contributed by atoms with E-state index >= 15 is 0 Å². The van der Waals surface area contributed by atoms with Crippen LogP contribution in [0.3, 0.4) is 0 Å². The number of carbonyl (C=O) groups is 1. The van der Waals surface area contributed by atoms with Gasteiger partial charge >= 0.3 is 0 Å². The predicted octanol–water partition coefficient (Wildman–Crippen LogP) is 4.37. The Morgan fingerprint density at radius 1 is 1.06 bits per heavy atom. The predicted molar refractivity (Wildman–Crippen MR) is 127 cm³/mol. The number of carbonyl (C=O) groups excluding carboxylic acids is 1. The first kappa shape index (κ1) is 24.5. The van der Waals surface area contributed by atoms with Gasteiger partial charge in [0.15, 0.2) is 17.1 Å². The third-order valence-corrected chi connectivity index (χ3v) is 6.00. The highest BCUT2D eigenvalue weighted by Crippen LogP contribution is 2.36. The first-order valence-electron chi connectivity index (χ1n) is 9.90. The quantitative estimate of drug-likeness (QED) is 0.417. The van der Waals surface area contributed by atoms with Gasteiger partial charge in [0.05, 0.1) is 37.8 Å². The highest BCUT2D eigenvalue weighted by molar-refractivity contribution is 7.99. The van der Waals surface area contributed by atoms with Crippen LogP contribution >= 0.6 is 23.4 Å². The fraction of sp³-hybridized carbons (Fsp3) is 0.318. The van der Waals surface area contributed by atoms with E-state index in [0.29, 0.717) is 38.9 Å². The smallest absolute Gasteiger partial charge is 0.234 e. The van der Waals surface area contributed by atoms with Crippen molar-refractivity contribution in [3.63, 3.8) is 0 Å². The lowest BCUT2D eigenvalue weighted by Crippen LogP contribution is -2.15. The van der Waals surface area contributed by atoms with Gasteiger partial charge in [-0.1, -0.05) is 23.4 Å². The standard InChI is InChI=1S/C22H25ClN4O5S/c1-13(32-15-8-6-14(29-3)7-9-15)21-25-26-22(27(21)2)33-12-20(28)24-17-11-18(30-4)16(23)10-19(17)31-5/h6-11,13H,12H2,1-5H3,(H,24,28). The fourth-order valence-electron chi connectivity index (χ4n) is 2.99. The monoisotopic (exact) mass is 492 g/mol. The molecule has 0 aliphatic heterocycles. The van der Waals surface area contributed by atoms with Gasteiger partial charge in [-0.2, -0.15) is 0 Å². The lowest BCUT2D eigenvalue weighted by molar-refractivity contribution is -0.113. The number of nitrogens with one attached hydrogen (secondary N) is 1. The lowest BCUT2D eigenvalue weighted by atomic mass is 10.2. The average Bonchev–Trinajstić information content (AvgIpc) is 3.19. The number of benzene rings is 2. The molecule has 1 amide bonds. The molecule has 0 fully saturated rings. The van der Waals surface area contributed by atoms with Gasteiger partial charge in [-0.3, -0.25) is 4.79 Å². The van der Waals surface area contributed by atoms with Gasteiger partial charge in [0.2, 0.25) is 5.91 Å². The summed E-state index contributed by atoms with van der Waals surface area (Å²) in [5.74, 6) is 2.82. The highest BCUT2D eigenvalue weighted by Gasteiger charge is 2.19. The van der Waals surface area contributed by atoms with Crippen LogP contribution in [0, 0.1) is 0 Å². The van der Waals surface area contributed by atoms with Crippen molar-refractivity contribution in [1.29, 1.82) is 0 Å². The summed E-state index contributed by atoms with van der Waals surface area (Å²) >= 11 is 7.37. The van der Waals surface area contributed by atoms with Crippen LogP contribution in [0.4, 0.5) is 5.69 Å². The topological polar surface area (TPSA) is 96.7 Å². The number of ether oxygens (including phenoxy) is 4. The Morgan fingerprint density at radius 2 is 1.73 bits per heavy atom. The van der Waals surface area contributed by atoms with E-state index in [4.69, 9.17) is 30.5 Å². The lowest BCUT2D eigenvalue weighted by Gasteiger charge is -2.14. The molecule has 0 saturated carbocycles. The Bertz CT molecular complexity index is 1110. The van der Waals surface area contributed by atoms with Crippen LogP contribution in [0.2, 0.25) is 5.02 Å². The number of thioether (sulfide) groups is 1. The minimum absolute atomic E-state index is 0.119. The molecule has 3 rings (SSSR count). The Kier molecular flexibility index (Phi) is 8.29. The molecular formula is C22H25ClN4O5S. The summed E-state index contributed by atoms with van der Waals surface area (Å²) in [5, 5.41) is 12.2. The first-order valence-corrected chi connectivity index (χ1v) is 11.3. The van der Waals surface area contributed by atoms with Gasteiger partial charge in [0.1, 0.15) is 23.0 Å². The number of nitrogens with zero attached hydrogens (tertiary/aromatic N) is 3. The van der Waals surface area contributed by atoms with Crippen molar-refractivity contribution in [3.05, 3.63) is 47.2 Å². The summed E-state index contributed by atoms with van der Waals surface area (Å²) < 4.78 is 23.4. The second-order valence-corrected chi connectivity index (χ2v) is 8.21. The van der Waals surface area contributed by atoms with Gasteiger partial charge in [-0.15, -0.1) is 10.2 Å². The zero-order valence-corrected chi connectivity index (χ0v) is 20.5. The van der Waals surface area contributed by atoms with E-state index in [1.54, 1.807) is 23.8 Å². The molecule has 0 radical (unpaired) electrons. The van der Waals surface area contributed by atoms with E-state index in [1.165, 1.54) is 26.0 Å². The molecule has 1 atom stereocenters. The van der Waals surface area contributed by atoms with Crippen molar-refractivity contribution < 1.29 is 23.7 Å². The molecule has 0 saturated heterocycles. The van der Waals surface area contributed by atoms with Gasteiger partial charge in [0, 0.05) is 19.2 Å². The second kappa shape index (κ2) is 11.2. The van der Waals surface area contributed by atoms with Gasteiger partial charge in [-0.05, 0) is 31.2 Å². The number of hydrogen-bond acceptors (Lipinski definition) is 8. The van der Waals surface area contributed by atoms with Crippen molar-refractivity contribution in [2.75, 3.05) is 32.4 Å². The third kappa shape index (κ3) is 6.02. The Morgan fingerprint density at radius 3 is 2.36 bits per heavy atom. The third-order valence-electron chi connectivity index (χ3n) is 4.68. The molecule has 176 valence electrons. The molecule has 11 heteroatoms. The van der Waals surface area contributed by atoms with Crippen LogP contribution in [0.15, 0.2) is 41.6 Å². The summed E-state index contributed by atoms with van der Waals surface area (Å²) in [6.07, 6.45) is -0.343. The number of hydrogen-bond donors (Lipinski definition) is 1. The molecule has 1 unspecified atom stereocenters. The Labute approximate surface area is 201 Å². The molecule has 1 N–H and O–H groups in total. The van der Waals surface area contributed by atoms with E-state index in [1.807, 2.05) is 38.2 Å². The highest BCUT2D eigenvalue weighted by atomic mass is 35.5. The fourth-order valence-corrected chi connectivity index (χ4v) is 3.94. The minimum atomic E-state index is -0.343. The van der Waals surface area contributed by atoms with E-state index in [-0.39, 0.29) is 17.8 Å². The summed E-state index contributed by atoms with van der Waals surface area (Å²) in [6, 6.07) is 10.5. The van der Waals surface area contributed by atoms with Gasteiger partial charge in [-0.25, -0.2) is 0 Å². The maximum absolute atomic E-state index is 12.5. The molecule has 0 spiro atoms. The number of amides is 1. The molecule has 1 heterocycles. The summed E-state index contributed by atoms with van der Waals surface area (Å²) in [7, 11) is 6.44. The Hall–Kier alpha value is -3.11. The van der Waals surface area contributed by atoms with Gasteiger partial charge in [0.25, 0.3) is 0 Å². The van der Waals surface area contributed by atoms with Crippen molar-refractivity contribution >= 4 is 35.0 Å². The largest absolute Gasteiger partial charge is 0.497 e. The number of halogens is 1. The molecule has 0 bridgehead atoms. The maximum atomic E-state index is 12.5. The molecule has 1 aromatic heterocycles.